The Morgan fingerprint density at radius 2 is 1.92 bits per heavy atom. The van der Waals surface area contributed by atoms with E-state index in [4.69, 9.17) is 0 Å². The van der Waals surface area contributed by atoms with Crippen LogP contribution < -0.4 is 0 Å². The minimum absolute atomic E-state index is 1.09. The predicted octanol–water partition coefficient (Wildman–Crippen LogP) is 3.45. The van der Waals surface area contributed by atoms with Crippen LogP contribution in [0.5, 0.6) is 0 Å². The van der Waals surface area contributed by atoms with Crippen LogP contribution in [0.1, 0.15) is 0 Å². The van der Waals surface area contributed by atoms with Crippen LogP contribution in [-0.4, -0.2) is 4.98 Å². The van der Waals surface area contributed by atoms with Gasteiger partial charge in [0.15, 0.2) is 0 Å². The smallest absolute Gasteiger partial charge is 0.0808 e. The molecule has 2 heteroatoms. The van der Waals surface area contributed by atoms with Gasteiger partial charge in [-0.2, -0.15) is 0 Å². The molecule has 0 bridgehead atoms. The second-order valence-corrected chi connectivity index (χ2v) is 3.95. The van der Waals surface area contributed by atoms with Gasteiger partial charge in [0, 0.05) is 11.6 Å². The first-order valence-corrected chi connectivity index (χ1v) is 5.03. The Balaban J connectivity index is 2.57. The molecule has 0 fully saturated rings. The summed E-state index contributed by atoms with van der Waals surface area (Å²) in [6.07, 6.45) is 1.85. The maximum atomic E-state index is 4.32. The number of rotatable bonds is 0. The van der Waals surface area contributed by atoms with Crippen LogP contribution in [0.3, 0.4) is 0 Å². The lowest BCUT2D eigenvalue weighted by molar-refractivity contribution is 1.45. The average Bonchev–Trinajstić information content (AvgIpc) is 2.61. The molecule has 0 radical (unpaired) electrons. The summed E-state index contributed by atoms with van der Waals surface area (Å²) in [6, 6.07) is 10.7. The van der Waals surface area contributed by atoms with E-state index in [-0.39, 0.29) is 0 Å². The van der Waals surface area contributed by atoms with Crippen molar-refractivity contribution in [3.05, 3.63) is 41.9 Å². The van der Waals surface area contributed by atoms with E-state index in [0.717, 1.165) is 5.52 Å². The van der Waals surface area contributed by atoms with Gasteiger partial charge in [-0.3, -0.25) is 4.98 Å². The lowest BCUT2D eigenvalue weighted by Gasteiger charge is -1.95. The van der Waals surface area contributed by atoms with E-state index < -0.39 is 0 Å². The van der Waals surface area contributed by atoms with Gasteiger partial charge < -0.3 is 0 Å². The standard InChI is InChI=1S/C11H7NS/c1-2-8-6-10-11(7-9(8)3-1)13-5-4-12-10/h1-7H. The van der Waals surface area contributed by atoms with Gasteiger partial charge in [0.05, 0.1) is 10.2 Å². The van der Waals surface area contributed by atoms with Crippen LogP contribution in [0.15, 0.2) is 41.9 Å². The van der Waals surface area contributed by atoms with Gasteiger partial charge in [0.2, 0.25) is 0 Å². The molecule has 2 aromatic carbocycles. The summed E-state index contributed by atoms with van der Waals surface area (Å²) >= 11 is 1.73. The highest BCUT2D eigenvalue weighted by molar-refractivity contribution is 7.16. The normalized spacial score (nSPS) is 11.1. The lowest BCUT2D eigenvalue weighted by atomic mass is 10.2. The van der Waals surface area contributed by atoms with E-state index in [1.807, 2.05) is 11.6 Å². The topological polar surface area (TPSA) is 12.9 Å². The summed E-state index contributed by atoms with van der Waals surface area (Å²) in [5.41, 5.74) is 1.09. The highest BCUT2D eigenvalue weighted by Gasteiger charge is 1.97. The van der Waals surface area contributed by atoms with Crippen molar-refractivity contribution in [3.8, 4) is 0 Å². The maximum Gasteiger partial charge on any atom is 0.0808 e. The zero-order valence-electron chi connectivity index (χ0n) is 6.90. The number of hydrogen-bond donors (Lipinski definition) is 0. The minimum atomic E-state index is 1.09. The van der Waals surface area contributed by atoms with E-state index in [1.54, 1.807) is 11.3 Å². The fraction of sp³-hybridized carbons (Fsp3) is 0. The first kappa shape index (κ1) is 7.04. The number of fused-ring (bicyclic) bond motifs is 2. The molecule has 0 aliphatic rings. The molecule has 1 aromatic heterocycles. The molecule has 0 aliphatic carbocycles. The van der Waals surface area contributed by atoms with Crippen molar-refractivity contribution in [2.75, 3.05) is 0 Å². The van der Waals surface area contributed by atoms with Gasteiger partial charge in [-0.25, -0.2) is 0 Å². The Morgan fingerprint density at radius 3 is 2.85 bits per heavy atom. The zero-order valence-corrected chi connectivity index (χ0v) is 7.71. The van der Waals surface area contributed by atoms with Crippen molar-refractivity contribution >= 4 is 32.3 Å². The highest BCUT2D eigenvalue weighted by atomic mass is 32.1. The molecule has 0 N–H and O–H groups in total. The van der Waals surface area contributed by atoms with Crippen molar-refractivity contribution in [1.29, 1.82) is 0 Å². The Kier molecular flexibility index (Phi) is 1.37. The molecule has 0 saturated heterocycles. The number of nitrogens with zero attached hydrogens (tertiary/aromatic N) is 1. The third-order valence-electron chi connectivity index (χ3n) is 2.19. The van der Waals surface area contributed by atoms with E-state index >= 15 is 0 Å². The number of aromatic nitrogens is 1. The van der Waals surface area contributed by atoms with E-state index in [2.05, 4.69) is 35.3 Å². The van der Waals surface area contributed by atoms with Gasteiger partial charge in [-0.15, -0.1) is 11.3 Å². The lowest BCUT2D eigenvalue weighted by Crippen LogP contribution is -1.73. The summed E-state index contributed by atoms with van der Waals surface area (Å²) in [6.45, 7) is 0. The minimum Gasteiger partial charge on any atom is -0.255 e. The maximum absolute atomic E-state index is 4.32. The summed E-state index contributed by atoms with van der Waals surface area (Å²) in [4.78, 5) is 4.32. The van der Waals surface area contributed by atoms with Gasteiger partial charge in [-0.1, -0.05) is 18.2 Å². The van der Waals surface area contributed by atoms with Crippen molar-refractivity contribution in [2.24, 2.45) is 0 Å². The zero-order chi connectivity index (χ0) is 8.67. The van der Waals surface area contributed by atoms with Gasteiger partial charge >= 0.3 is 0 Å². The molecule has 3 rings (SSSR count). The van der Waals surface area contributed by atoms with Crippen molar-refractivity contribution in [3.63, 3.8) is 0 Å². The molecule has 0 saturated carbocycles. The molecular formula is C11H7NS. The van der Waals surface area contributed by atoms with Crippen LogP contribution >= 0.6 is 11.3 Å². The SMILES string of the molecule is c1cc2cc3nccsc3cc2c1. The Labute approximate surface area is 79.7 Å². The van der Waals surface area contributed by atoms with Gasteiger partial charge in [-0.05, 0) is 22.9 Å². The van der Waals surface area contributed by atoms with Gasteiger partial charge in [0.25, 0.3) is 0 Å². The first-order chi connectivity index (χ1) is 6.43. The molecule has 1 nitrogen and oxygen atoms in total. The molecule has 0 unspecified atom stereocenters. The molecule has 13 heavy (non-hydrogen) atoms. The highest BCUT2D eigenvalue weighted by Crippen LogP contribution is 2.24. The largest absolute Gasteiger partial charge is 0.255 e. The monoisotopic (exact) mass is 185 g/mol. The Morgan fingerprint density at radius 1 is 1.08 bits per heavy atom. The number of hydrogen-bond acceptors (Lipinski definition) is 2. The van der Waals surface area contributed by atoms with Crippen molar-refractivity contribution < 1.29 is 0 Å². The molecular weight excluding hydrogens is 178 g/mol. The molecule has 0 amide bonds. The average molecular weight is 185 g/mol. The predicted molar refractivity (Wildman–Crippen MR) is 57.1 cm³/mol. The summed E-state index contributed by atoms with van der Waals surface area (Å²) in [7, 11) is 0. The second-order valence-electron chi connectivity index (χ2n) is 3.01. The van der Waals surface area contributed by atoms with E-state index in [0.29, 0.717) is 0 Å². The summed E-state index contributed by atoms with van der Waals surface area (Å²) < 4.78 is 1.25. The van der Waals surface area contributed by atoms with Crippen LogP contribution in [0.2, 0.25) is 0 Å². The molecule has 0 atom stereocenters. The molecule has 62 valence electrons. The number of benzene rings is 1. The second kappa shape index (κ2) is 2.54. The fourth-order valence-electron chi connectivity index (χ4n) is 1.55. The van der Waals surface area contributed by atoms with Crippen LogP contribution in [-0.2, 0) is 0 Å². The summed E-state index contributed by atoms with van der Waals surface area (Å²) in [5, 5.41) is 4.59. The van der Waals surface area contributed by atoms with Crippen LogP contribution in [0.25, 0.3) is 21.0 Å². The van der Waals surface area contributed by atoms with Gasteiger partial charge in [0.1, 0.15) is 0 Å². The van der Waals surface area contributed by atoms with E-state index in [9.17, 15) is 0 Å². The van der Waals surface area contributed by atoms with Crippen LogP contribution in [0, 0.1) is 0 Å². The summed E-state index contributed by atoms with van der Waals surface area (Å²) in [5.74, 6) is 0. The molecule has 0 aliphatic heterocycles. The van der Waals surface area contributed by atoms with E-state index in [1.165, 1.54) is 15.5 Å². The fourth-order valence-corrected chi connectivity index (χ4v) is 2.25. The van der Waals surface area contributed by atoms with Crippen LogP contribution in [0.4, 0.5) is 0 Å². The Bertz CT molecular complexity index is 519. The van der Waals surface area contributed by atoms with Crippen molar-refractivity contribution in [2.45, 2.75) is 0 Å². The molecule has 1 heterocycles. The third-order valence-corrected chi connectivity index (χ3v) is 3.02. The molecule has 0 spiro atoms. The quantitative estimate of drug-likeness (QED) is 0.522. The Hall–Kier alpha value is -1.41. The molecule has 3 aromatic rings. The first-order valence-electron chi connectivity index (χ1n) is 4.15. The van der Waals surface area contributed by atoms with Crippen molar-refractivity contribution in [1.82, 2.24) is 4.98 Å². The third kappa shape index (κ3) is 1.03.